The van der Waals surface area contributed by atoms with Crippen molar-refractivity contribution < 1.29 is 19.4 Å². The Labute approximate surface area is 167 Å². The normalized spacial score (nSPS) is 21.4. The molecule has 2 aliphatic rings. The number of urea groups is 1. The number of hydrogen-bond acceptors (Lipinski definition) is 3. The van der Waals surface area contributed by atoms with Gasteiger partial charge in [-0.05, 0) is 49.7 Å². The van der Waals surface area contributed by atoms with Crippen LogP contribution in [0.15, 0.2) is 24.3 Å². The second kappa shape index (κ2) is 8.95. The van der Waals surface area contributed by atoms with Crippen molar-refractivity contribution in [3.8, 4) is 0 Å². The van der Waals surface area contributed by atoms with Crippen LogP contribution in [0.2, 0.25) is 0 Å². The van der Waals surface area contributed by atoms with Crippen molar-refractivity contribution in [2.45, 2.75) is 58.0 Å². The van der Waals surface area contributed by atoms with Crippen molar-refractivity contribution in [2.24, 2.45) is 5.41 Å². The van der Waals surface area contributed by atoms with Crippen LogP contribution in [-0.4, -0.2) is 54.4 Å². The van der Waals surface area contributed by atoms with Gasteiger partial charge in [-0.3, -0.25) is 0 Å². The Kier molecular flexibility index (Phi) is 6.60. The number of rotatable bonds is 5. The summed E-state index contributed by atoms with van der Waals surface area (Å²) in [6, 6.07) is 7.17. The quantitative estimate of drug-likeness (QED) is 0.803. The number of carbonyl (C=O) groups is 2. The number of carbonyl (C=O) groups excluding carboxylic acids is 1. The van der Waals surface area contributed by atoms with Gasteiger partial charge in [-0.25, -0.2) is 9.59 Å². The molecule has 1 atom stereocenters. The lowest BCUT2D eigenvalue weighted by atomic mass is 9.82. The average molecular weight is 389 g/mol. The molecule has 1 unspecified atom stereocenters. The highest BCUT2D eigenvalue weighted by Crippen LogP contribution is 2.31. The molecule has 0 aromatic heterocycles. The number of carboxylic acid groups (broad SMARTS) is 1. The van der Waals surface area contributed by atoms with Gasteiger partial charge in [-0.1, -0.05) is 32.0 Å². The van der Waals surface area contributed by atoms with E-state index >= 15 is 0 Å². The number of carboxylic acids is 1. The Hall–Kier alpha value is -2.08. The first-order valence-electron chi connectivity index (χ1n) is 10.3. The first-order chi connectivity index (χ1) is 13.4. The molecular weight excluding hydrogens is 356 g/mol. The summed E-state index contributed by atoms with van der Waals surface area (Å²) in [4.78, 5) is 25.9. The maximum absolute atomic E-state index is 12.6. The van der Waals surface area contributed by atoms with E-state index in [4.69, 9.17) is 4.74 Å². The Bertz CT molecular complexity index is 690. The van der Waals surface area contributed by atoms with Gasteiger partial charge in [0.05, 0.1) is 11.7 Å². The summed E-state index contributed by atoms with van der Waals surface area (Å²) in [5.74, 6) is -0.702. The van der Waals surface area contributed by atoms with Crippen LogP contribution in [0.1, 0.15) is 67.8 Å². The summed E-state index contributed by atoms with van der Waals surface area (Å²) in [7, 11) is 0. The fourth-order valence-electron chi connectivity index (χ4n) is 4.33. The van der Waals surface area contributed by atoms with E-state index in [9.17, 15) is 14.7 Å². The minimum Gasteiger partial charge on any atom is -0.478 e. The highest BCUT2D eigenvalue weighted by atomic mass is 16.5. The van der Waals surface area contributed by atoms with Crippen molar-refractivity contribution in [3.63, 3.8) is 0 Å². The van der Waals surface area contributed by atoms with E-state index in [1.807, 2.05) is 17.0 Å². The summed E-state index contributed by atoms with van der Waals surface area (Å²) in [6.07, 6.45) is 5.13. The van der Waals surface area contributed by atoms with E-state index < -0.39 is 5.97 Å². The van der Waals surface area contributed by atoms with Crippen LogP contribution in [0, 0.1) is 5.41 Å². The molecule has 0 bridgehead atoms. The number of amides is 2. The predicted molar refractivity (Wildman–Crippen MR) is 108 cm³/mol. The van der Waals surface area contributed by atoms with Gasteiger partial charge in [0.1, 0.15) is 0 Å². The van der Waals surface area contributed by atoms with Crippen molar-refractivity contribution in [1.82, 2.24) is 10.2 Å². The van der Waals surface area contributed by atoms with Gasteiger partial charge < -0.3 is 20.1 Å². The SMILES string of the molecule is CC(C)(CNC(=O)N1CCC(c2ccccc2C(=O)O)CC1)C1CCCCO1. The summed E-state index contributed by atoms with van der Waals surface area (Å²) < 4.78 is 5.90. The zero-order valence-electron chi connectivity index (χ0n) is 16.9. The van der Waals surface area contributed by atoms with E-state index in [-0.39, 0.29) is 23.5 Å². The monoisotopic (exact) mass is 388 g/mol. The van der Waals surface area contributed by atoms with Crippen LogP contribution in [-0.2, 0) is 4.74 Å². The lowest BCUT2D eigenvalue weighted by molar-refractivity contribution is -0.0531. The molecule has 2 amide bonds. The van der Waals surface area contributed by atoms with E-state index in [0.29, 0.717) is 25.2 Å². The number of piperidine rings is 1. The van der Waals surface area contributed by atoms with E-state index in [1.165, 1.54) is 6.42 Å². The van der Waals surface area contributed by atoms with Gasteiger partial charge in [0.2, 0.25) is 0 Å². The number of likely N-dealkylation sites (tertiary alicyclic amines) is 1. The molecular formula is C22H32N2O4. The molecule has 0 saturated carbocycles. The maximum Gasteiger partial charge on any atom is 0.335 e. The third-order valence-electron chi connectivity index (χ3n) is 6.16. The maximum atomic E-state index is 12.6. The topological polar surface area (TPSA) is 78.9 Å². The van der Waals surface area contributed by atoms with E-state index in [1.54, 1.807) is 12.1 Å². The number of aromatic carboxylic acids is 1. The van der Waals surface area contributed by atoms with Crippen molar-refractivity contribution >= 4 is 12.0 Å². The summed E-state index contributed by atoms with van der Waals surface area (Å²) in [5, 5.41) is 12.5. The highest BCUT2D eigenvalue weighted by Gasteiger charge is 2.33. The molecule has 6 nitrogen and oxygen atoms in total. The smallest absolute Gasteiger partial charge is 0.335 e. The molecule has 1 aromatic carbocycles. The van der Waals surface area contributed by atoms with Crippen LogP contribution in [0.4, 0.5) is 4.79 Å². The predicted octanol–water partition coefficient (Wildman–Crippen LogP) is 3.87. The Balaban J connectivity index is 1.51. The molecule has 2 saturated heterocycles. The van der Waals surface area contributed by atoms with Crippen LogP contribution in [0.25, 0.3) is 0 Å². The molecule has 2 heterocycles. The number of ether oxygens (including phenoxy) is 1. The first kappa shape index (κ1) is 20.6. The second-order valence-electron chi connectivity index (χ2n) is 8.66. The summed E-state index contributed by atoms with van der Waals surface area (Å²) >= 11 is 0. The number of nitrogens with zero attached hydrogens (tertiary/aromatic N) is 1. The Morgan fingerprint density at radius 3 is 2.54 bits per heavy atom. The molecule has 0 spiro atoms. The number of nitrogens with one attached hydrogen (secondary N) is 1. The molecule has 28 heavy (non-hydrogen) atoms. The third kappa shape index (κ3) is 4.85. The summed E-state index contributed by atoms with van der Waals surface area (Å²) in [5.41, 5.74) is 1.17. The van der Waals surface area contributed by atoms with Gasteiger partial charge in [0, 0.05) is 31.7 Å². The lowest BCUT2D eigenvalue weighted by Crippen LogP contribution is -2.49. The molecule has 2 aliphatic heterocycles. The molecule has 0 radical (unpaired) electrons. The zero-order chi connectivity index (χ0) is 20.1. The molecule has 2 fully saturated rings. The molecule has 6 heteroatoms. The van der Waals surface area contributed by atoms with Crippen LogP contribution in [0.5, 0.6) is 0 Å². The van der Waals surface area contributed by atoms with Gasteiger partial charge in [0.15, 0.2) is 0 Å². The van der Waals surface area contributed by atoms with Crippen LogP contribution >= 0.6 is 0 Å². The van der Waals surface area contributed by atoms with Gasteiger partial charge in [0.25, 0.3) is 0 Å². The van der Waals surface area contributed by atoms with E-state index in [0.717, 1.165) is 37.9 Å². The van der Waals surface area contributed by atoms with Crippen molar-refractivity contribution in [2.75, 3.05) is 26.2 Å². The fourth-order valence-corrected chi connectivity index (χ4v) is 4.33. The zero-order valence-corrected chi connectivity index (χ0v) is 16.9. The van der Waals surface area contributed by atoms with Gasteiger partial charge in [-0.15, -0.1) is 0 Å². The average Bonchev–Trinajstić information content (AvgIpc) is 2.73. The van der Waals surface area contributed by atoms with Crippen molar-refractivity contribution in [1.29, 1.82) is 0 Å². The molecule has 154 valence electrons. The van der Waals surface area contributed by atoms with Gasteiger partial charge >= 0.3 is 12.0 Å². The Morgan fingerprint density at radius 2 is 1.89 bits per heavy atom. The Morgan fingerprint density at radius 1 is 1.18 bits per heavy atom. The third-order valence-corrected chi connectivity index (χ3v) is 6.16. The van der Waals surface area contributed by atoms with E-state index in [2.05, 4.69) is 19.2 Å². The largest absolute Gasteiger partial charge is 0.478 e. The minimum atomic E-state index is -0.886. The van der Waals surface area contributed by atoms with Crippen LogP contribution < -0.4 is 5.32 Å². The van der Waals surface area contributed by atoms with Crippen LogP contribution in [0.3, 0.4) is 0 Å². The molecule has 1 aromatic rings. The van der Waals surface area contributed by atoms with Crippen molar-refractivity contribution in [3.05, 3.63) is 35.4 Å². The molecule has 2 N–H and O–H groups in total. The van der Waals surface area contributed by atoms with Gasteiger partial charge in [-0.2, -0.15) is 0 Å². The number of hydrogen-bond donors (Lipinski definition) is 2. The molecule has 0 aliphatic carbocycles. The second-order valence-corrected chi connectivity index (χ2v) is 8.66. The minimum absolute atomic E-state index is 0.0335. The number of benzene rings is 1. The standard InChI is InChI=1S/C22H32N2O4/c1-22(2,19-9-5-6-14-28-19)15-23-21(27)24-12-10-16(11-13-24)17-7-3-4-8-18(17)20(25)26/h3-4,7-8,16,19H,5-6,9-15H2,1-2H3,(H,23,27)(H,25,26). The molecule has 3 rings (SSSR count). The highest BCUT2D eigenvalue weighted by molar-refractivity contribution is 5.89. The fraction of sp³-hybridized carbons (Fsp3) is 0.636. The summed E-state index contributed by atoms with van der Waals surface area (Å²) in [6.45, 7) is 7.00. The first-order valence-corrected chi connectivity index (χ1v) is 10.3. The lowest BCUT2D eigenvalue weighted by Gasteiger charge is -2.38.